The van der Waals surface area contributed by atoms with Crippen LogP contribution in [0.1, 0.15) is 41.7 Å². The van der Waals surface area contributed by atoms with Gasteiger partial charge in [0, 0.05) is 46.6 Å². The number of fused-ring (bicyclic) bond motifs is 3. The van der Waals surface area contributed by atoms with Crippen molar-refractivity contribution < 1.29 is 9.53 Å². The van der Waals surface area contributed by atoms with Crippen LogP contribution in [0.2, 0.25) is 10.0 Å². The molecule has 1 unspecified atom stereocenters. The quantitative estimate of drug-likeness (QED) is 0.524. The Morgan fingerprint density at radius 2 is 1.85 bits per heavy atom. The summed E-state index contributed by atoms with van der Waals surface area (Å²) in [5.74, 6) is 0.612. The van der Waals surface area contributed by atoms with Crippen molar-refractivity contribution in [3.8, 4) is 0 Å². The number of para-hydroxylation sites is 1. The summed E-state index contributed by atoms with van der Waals surface area (Å²) in [4.78, 5) is 15.8. The number of hydrogen-bond acceptors (Lipinski definition) is 4. The summed E-state index contributed by atoms with van der Waals surface area (Å²) in [5.41, 5.74) is 2.64. The van der Waals surface area contributed by atoms with Crippen molar-refractivity contribution in [1.82, 2.24) is 20.0 Å². The third kappa shape index (κ3) is 4.44. The molecule has 0 radical (unpaired) electrons. The largest absolute Gasteiger partial charge is 0.378 e. The van der Waals surface area contributed by atoms with Gasteiger partial charge in [0.05, 0.1) is 18.7 Å². The van der Waals surface area contributed by atoms with E-state index in [0.717, 1.165) is 42.4 Å². The van der Waals surface area contributed by atoms with Crippen molar-refractivity contribution >= 4 is 40.0 Å². The minimum absolute atomic E-state index is 0.0797. The third-order valence-electron chi connectivity index (χ3n) is 7.38. The summed E-state index contributed by atoms with van der Waals surface area (Å²) in [6, 6.07) is 14.3. The number of carbonyl (C=O) groups is 1. The number of amides is 1. The molecule has 3 aromatic rings. The molecule has 3 atom stereocenters. The third-order valence-corrected chi connectivity index (χ3v) is 7.96. The number of nitrogens with one attached hydrogen (secondary N) is 1. The summed E-state index contributed by atoms with van der Waals surface area (Å²) >= 11 is 12.5. The zero-order valence-corrected chi connectivity index (χ0v) is 20.4. The van der Waals surface area contributed by atoms with E-state index in [1.807, 2.05) is 35.0 Å². The Labute approximate surface area is 209 Å². The minimum Gasteiger partial charge on any atom is -0.378 e. The maximum Gasteiger partial charge on any atom is 0.272 e. The monoisotopic (exact) mass is 498 g/mol. The number of halogens is 2. The highest BCUT2D eigenvalue weighted by Gasteiger charge is 2.40. The molecule has 2 aromatic carbocycles. The van der Waals surface area contributed by atoms with Gasteiger partial charge in [0.15, 0.2) is 5.69 Å². The van der Waals surface area contributed by atoms with Crippen LogP contribution in [0.15, 0.2) is 42.5 Å². The molecule has 2 saturated heterocycles. The number of piperidine rings is 1. The van der Waals surface area contributed by atoms with Crippen LogP contribution >= 0.6 is 23.2 Å². The molecular weight excluding hydrogens is 471 g/mol. The normalized spacial score (nSPS) is 24.9. The van der Waals surface area contributed by atoms with E-state index in [2.05, 4.69) is 16.3 Å². The maximum absolute atomic E-state index is 13.3. The summed E-state index contributed by atoms with van der Waals surface area (Å²) < 4.78 is 7.89. The van der Waals surface area contributed by atoms with Crippen LogP contribution in [0.3, 0.4) is 0 Å². The SMILES string of the molecule is O=C(NC1C[C@H]2COC[C@@H](C1)N2Cc1ccc(Cl)cc1Cl)c1nn(CC2CC2)c2ccccc12. The van der Waals surface area contributed by atoms with Gasteiger partial charge >= 0.3 is 0 Å². The number of ether oxygens (including phenoxy) is 1. The van der Waals surface area contributed by atoms with Crippen LogP contribution in [0, 0.1) is 5.92 Å². The van der Waals surface area contributed by atoms with E-state index in [-0.39, 0.29) is 24.0 Å². The maximum atomic E-state index is 13.3. The fourth-order valence-corrected chi connectivity index (χ4v) is 5.91. The lowest BCUT2D eigenvalue weighted by atomic mass is 9.89. The first kappa shape index (κ1) is 22.4. The van der Waals surface area contributed by atoms with Crippen LogP contribution in [-0.4, -0.2) is 51.9 Å². The Kier molecular flexibility index (Phi) is 6.02. The standard InChI is InChI=1S/C26H28Cl2N4O2/c27-18-8-7-17(23(28)9-18)13-31-20-10-19(11-21(31)15-34-14-20)29-26(33)25-22-3-1-2-4-24(22)32(30-25)12-16-5-6-16/h1-4,7-9,16,19-21H,5-6,10-15H2,(H,29,33)/t19?,20-,21+. The molecule has 1 aromatic heterocycles. The molecular formula is C26H28Cl2N4O2. The lowest BCUT2D eigenvalue weighted by molar-refractivity contribution is -0.0843. The molecule has 3 fully saturated rings. The van der Waals surface area contributed by atoms with E-state index in [1.54, 1.807) is 6.07 Å². The predicted octanol–water partition coefficient (Wildman–Crippen LogP) is 4.91. The summed E-state index contributed by atoms with van der Waals surface area (Å²) in [5, 5.41) is 10.3. The molecule has 2 bridgehead atoms. The Bertz CT molecular complexity index is 1210. The predicted molar refractivity (Wildman–Crippen MR) is 133 cm³/mol. The number of benzene rings is 2. The molecule has 3 heterocycles. The van der Waals surface area contributed by atoms with E-state index in [9.17, 15) is 4.79 Å². The average Bonchev–Trinajstić information content (AvgIpc) is 3.55. The molecule has 3 aliphatic rings. The van der Waals surface area contributed by atoms with Crippen molar-refractivity contribution in [3.63, 3.8) is 0 Å². The van der Waals surface area contributed by atoms with Gasteiger partial charge in [-0.25, -0.2) is 0 Å². The van der Waals surface area contributed by atoms with Crippen molar-refractivity contribution in [2.24, 2.45) is 5.92 Å². The minimum atomic E-state index is -0.0797. The number of nitrogens with zero attached hydrogens (tertiary/aromatic N) is 3. The summed E-state index contributed by atoms with van der Waals surface area (Å²) in [6.45, 7) is 2.96. The van der Waals surface area contributed by atoms with Crippen LogP contribution in [0.5, 0.6) is 0 Å². The second-order valence-electron chi connectivity index (χ2n) is 9.89. The van der Waals surface area contributed by atoms with E-state index in [1.165, 1.54) is 12.8 Å². The first-order valence-corrected chi connectivity index (χ1v) is 12.8. The molecule has 178 valence electrons. The van der Waals surface area contributed by atoms with Crippen molar-refractivity contribution in [2.45, 2.75) is 56.9 Å². The Morgan fingerprint density at radius 1 is 1.09 bits per heavy atom. The Hall–Kier alpha value is -2.12. The number of rotatable bonds is 6. The van der Waals surface area contributed by atoms with Gasteiger partial charge in [-0.1, -0.05) is 47.5 Å². The number of carbonyl (C=O) groups excluding carboxylic acids is 1. The Morgan fingerprint density at radius 3 is 2.59 bits per heavy atom. The number of hydrogen-bond donors (Lipinski definition) is 1. The molecule has 1 saturated carbocycles. The highest BCUT2D eigenvalue weighted by atomic mass is 35.5. The molecule has 6 nitrogen and oxygen atoms in total. The molecule has 34 heavy (non-hydrogen) atoms. The van der Waals surface area contributed by atoms with E-state index in [0.29, 0.717) is 34.9 Å². The molecule has 1 N–H and O–H groups in total. The Balaban J connectivity index is 1.17. The van der Waals surface area contributed by atoms with Gasteiger partial charge in [-0.3, -0.25) is 14.4 Å². The first-order chi connectivity index (χ1) is 16.5. The molecule has 8 heteroatoms. The van der Waals surface area contributed by atoms with Crippen LogP contribution in [0.4, 0.5) is 0 Å². The van der Waals surface area contributed by atoms with Gasteiger partial charge in [-0.05, 0) is 55.4 Å². The van der Waals surface area contributed by atoms with Crippen molar-refractivity contribution in [3.05, 3.63) is 63.8 Å². The second-order valence-corrected chi connectivity index (χ2v) is 10.7. The van der Waals surface area contributed by atoms with Gasteiger partial charge in [0.25, 0.3) is 5.91 Å². The van der Waals surface area contributed by atoms with Gasteiger partial charge < -0.3 is 10.1 Å². The topological polar surface area (TPSA) is 59.4 Å². The van der Waals surface area contributed by atoms with Crippen molar-refractivity contribution in [1.29, 1.82) is 0 Å². The van der Waals surface area contributed by atoms with Crippen molar-refractivity contribution in [2.75, 3.05) is 13.2 Å². The molecule has 1 amide bonds. The zero-order valence-electron chi connectivity index (χ0n) is 18.9. The first-order valence-electron chi connectivity index (χ1n) is 12.1. The lowest BCUT2D eigenvalue weighted by Gasteiger charge is -2.48. The smallest absolute Gasteiger partial charge is 0.272 e. The number of morpholine rings is 1. The number of aromatic nitrogens is 2. The second kappa shape index (κ2) is 9.15. The zero-order chi connectivity index (χ0) is 23.2. The van der Waals surface area contributed by atoms with Gasteiger partial charge in [-0.2, -0.15) is 5.10 Å². The molecule has 2 aliphatic heterocycles. The summed E-state index contributed by atoms with van der Waals surface area (Å²) in [7, 11) is 0. The van der Waals surface area contributed by atoms with E-state index < -0.39 is 0 Å². The summed E-state index contributed by atoms with van der Waals surface area (Å²) in [6.07, 6.45) is 4.18. The van der Waals surface area contributed by atoms with Crippen LogP contribution in [0.25, 0.3) is 10.9 Å². The fourth-order valence-electron chi connectivity index (χ4n) is 5.45. The van der Waals surface area contributed by atoms with Gasteiger partial charge in [0.1, 0.15) is 0 Å². The average molecular weight is 499 g/mol. The highest BCUT2D eigenvalue weighted by Crippen LogP contribution is 2.33. The molecule has 6 rings (SSSR count). The fraction of sp³-hybridized carbons (Fsp3) is 0.462. The van der Waals surface area contributed by atoms with Crippen LogP contribution < -0.4 is 5.32 Å². The van der Waals surface area contributed by atoms with Gasteiger partial charge in [0.2, 0.25) is 0 Å². The van der Waals surface area contributed by atoms with Gasteiger partial charge in [-0.15, -0.1) is 0 Å². The highest BCUT2D eigenvalue weighted by molar-refractivity contribution is 6.35. The molecule has 1 aliphatic carbocycles. The molecule has 0 spiro atoms. The lowest BCUT2D eigenvalue weighted by Crippen LogP contribution is -2.60. The van der Waals surface area contributed by atoms with E-state index >= 15 is 0 Å². The van der Waals surface area contributed by atoms with Crippen LogP contribution in [-0.2, 0) is 17.8 Å². The van der Waals surface area contributed by atoms with E-state index in [4.69, 9.17) is 33.0 Å².